The van der Waals surface area contributed by atoms with Crippen LogP contribution in [-0.4, -0.2) is 35.7 Å². The van der Waals surface area contributed by atoms with E-state index in [1.165, 1.54) is 0 Å². The summed E-state index contributed by atoms with van der Waals surface area (Å²) >= 11 is 0. The van der Waals surface area contributed by atoms with Crippen molar-refractivity contribution in [1.82, 2.24) is 5.32 Å². The third-order valence-corrected chi connectivity index (χ3v) is 6.46. The highest BCUT2D eigenvalue weighted by Crippen LogP contribution is 2.39. The Balaban J connectivity index is 1.83. The number of hydrogen-bond acceptors (Lipinski definition) is 5. The molecule has 34 heavy (non-hydrogen) atoms. The van der Waals surface area contributed by atoms with Gasteiger partial charge >= 0.3 is 0 Å². The Bertz CT molecular complexity index is 1170. The van der Waals surface area contributed by atoms with Gasteiger partial charge in [-0.1, -0.05) is 54.6 Å². The number of nitrogens with zero attached hydrogens (tertiary/aromatic N) is 1. The van der Waals surface area contributed by atoms with Crippen LogP contribution in [0, 0.1) is 0 Å². The standard InChI is InChI=1S/C29H33N3O2/c1-28(2,3)31-20-26(33)29(18-9-19-32(29)23-10-5-4-6-11-23)27(34)25-13-8-7-12-24(25)21-14-16-22(30)17-15-21/h4-8,10-17,31H,9,18-20,30H2,1-3H3/t29-/m1/s1. The van der Waals surface area contributed by atoms with Gasteiger partial charge in [0.2, 0.25) is 0 Å². The van der Waals surface area contributed by atoms with E-state index in [0.29, 0.717) is 24.2 Å². The van der Waals surface area contributed by atoms with Gasteiger partial charge in [0.05, 0.1) is 6.54 Å². The van der Waals surface area contributed by atoms with Crippen LogP contribution in [0.3, 0.4) is 0 Å². The lowest BCUT2D eigenvalue weighted by Crippen LogP contribution is -2.60. The molecule has 176 valence electrons. The summed E-state index contributed by atoms with van der Waals surface area (Å²) < 4.78 is 0. The first-order valence-corrected chi connectivity index (χ1v) is 11.8. The molecular weight excluding hydrogens is 422 g/mol. The van der Waals surface area contributed by atoms with Gasteiger partial charge in [-0.3, -0.25) is 9.59 Å². The van der Waals surface area contributed by atoms with Crippen LogP contribution in [0.4, 0.5) is 11.4 Å². The highest BCUT2D eigenvalue weighted by Gasteiger charge is 2.53. The van der Waals surface area contributed by atoms with Crippen molar-refractivity contribution in [2.45, 2.75) is 44.7 Å². The number of nitrogens with one attached hydrogen (secondary N) is 1. The average Bonchev–Trinajstić information content (AvgIpc) is 3.29. The van der Waals surface area contributed by atoms with E-state index >= 15 is 0 Å². The van der Waals surface area contributed by atoms with E-state index < -0.39 is 5.54 Å². The summed E-state index contributed by atoms with van der Waals surface area (Å²) in [6.45, 7) is 6.85. The molecule has 3 N–H and O–H groups in total. The number of carbonyl (C=O) groups is 2. The molecule has 0 unspecified atom stereocenters. The SMILES string of the molecule is CC(C)(C)NCC(=O)[C@@]1(C(=O)c2ccccc2-c2ccc(N)cc2)CCCN1c1ccccc1. The second-order valence-corrected chi connectivity index (χ2v) is 9.97. The number of rotatable bonds is 7. The molecule has 0 aromatic heterocycles. The Hall–Kier alpha value is -3.44. The maximum atomic E-state index is 14.5. The number of ketones is 2. The summed E-state index contributed by atoms with van der Waals surface area (Å²) in [4.78, 5) is 30.4. The summed E-state index contributed by atoms with van der Waals surface area (Å²) in [5.74, 6) is -0.247. The lowest BCUT2D eigenvalue weighted by molar-refractivity contribution is -0.121. The molecule has 1 fully saturated rings. The minimum absolute atomic E-state index is 0.0964. The summed E-state index contributed by atoms with van der Waals surface area (Å²) in [6.07, 6.45) is 1.26. The van der Waals surface area contributed by atoms with E-state index in [0.717, 1.165) is 23.2 Å². The number of Topliss-reactive ketones (excluding diaryl/α,β-unsaturated/α-hetero) is 2. The number of anilines is 2. The predicted octanol–water partition coefficient (Wildman–Crippen LogP) is 5.11. The first-order chi connectivity index (χ1) is 16.2. The van der Waals surface area contributed by atoms with Gasteiger partial charge in [-0.05, 0) is 69.0 Å². The molecule has 5 heteroatoms. The second kappa shape index (κ2) is 9.43. The molecular formula is C29H33N3O2. The van der Waals surface area contributed by atoms with E-state index in [1.807, 2.05) is 105 Å². The highest BCUT2D eigenvalue weighted by atomic mass is 16.2. The number of carbonyl (C=O) groups excluding carboxylic acids is 2. The van der Waals surface area contributed by atoms with E-state index in [4.69, 9.17) is 5.73 Å². The van der Waals surface area contributed by atoms with E-state index in [2.05, 4.69) is 5.32 Å². The van der Waals surface area contributed by atoms with Gasteiger partial charge in [0.15, 0.2) is 17.1 Å². The lowest BCUT2D eigenvalue weighted by Gasteiger charge is -2.38. The number of para-hydroxylation sites is 1. The number of hydrogen-bond donors (Lipinski definition) is 2. The minimum atomic E-state index is -1.26. The first kappa shape index (κ1) is 23.7. The first-order valence-electron chi connectivity index (χ1n) is 11.8. The Morgan fingerprint density at radius 1 is 0.941 bits per heavy atom. The van der Waals surface area contributed by atoms with Crippen molar-refractivity contribution in [1.29, 1.82) is 0 Å². The third kappa shape index (κ3) is 4.62. The zero-order valence-electron chi connectivity index (χ0n) is 20.2. The van der Waals surface area contributed by atoms with Gasteiger partial charge in [-0.15, -0.1) is 0 Å². The van der Waals surface area contributed by atoms with Crippen molar-refractivity contribution in [3.63, 3.8) is 0 Å². The Labute approximate surface area is 202 Å². The fourth-order valence-electron chi connectivity index (χ4n) is 4.74. The van der Waals surface area contributed by atoms with Gasteiger partial charge in [-0.2, -0.15) is 0 Å². The number of nitrogen functional groups attached to an aromatic ring is 1. The molecule has 0 bridgehead atoms. The van der Waals surface area contributed by atoms with Gasteiger partial charge in [0.25, 0.3) is 0 Å². The maximum Gasteiger partial charge on any atom is 0.196 e. The van der Waals surface area contributed by atoms with Gasteiger partial charge < -0.3 is 16.0 Å². The fourth-order valence-corrected chi connectivity index (χ4v) is 4.74. The van der Waals surface area contributed by atoms with Gasteiger partial charge in [0.1, 0.15) is 0 Å². The van der Waals surface area contributed by atoms with Crippen molar-refractivity contribution < 1.29 is 9.59 Å². The largest absolute Gasteiger partial charge is 0.399 e. The van der Waals surface area contributed by atoms with Crippen molar-refractivity contribution in [3.05, 3.63) is 84.4 Å². The van der Waals surface area contributed by atoms with E-state index in [1.54, 1.807) is 0 Å². The summed E-state index contributed by atoms with van der Waals surface area (Å²) in [5, 5.41) is 3.31. The molecule has 4 rings (SSSR count). The molecule has 1 heterocycles. The predicted molar refractivity (Wildman–Crippen MR) is 139 cm³/mol. The van der Waals surface area contributed by atoms with Gasteiger partial charge in [-0.25, -0.2) is 0 Å². The molecule has 5 nitrogen and oxygen atoms in total. The molecule has 0 aliphatic carbocycles. The fraction of sp³-hybridized carbons (Fsp3) is 0.310. The Kier molecular flexibility index (Phi) is 6.58. The topological polar surface area (TPSA) is 75.4 Å². The zero-order chi connectivity index (χ0) is 24.3. The molecule has 0 amide bonds. The quantitative estimate of drug-likeness (QED) is 0.294. The maximum absolute atomic E-state index is 14.5. The Morgan fingerprint density at radius 3 is 2.26 bits per heavy atom. The van der Waals surface area contributed by atoms with Crippen LogP contribution < -0.4 is 16.0 Å². The molecule has 1 saturated heterocycles. The van der Waals surface area contributed by atoms with Crippen LogP contribution in [-0.2, 0) is 4.79 Å². The minimum Gasteiger partial charge on any atom is -0.399 e. The summed E-state index contributed by atoms with van der Waals surface area (Å²) in [6, 6.07) is 24.8. The molecule has 0 radical (unpaired) electrons. The van der Waals surface area contributed by atoms with Crippen LogP contribution in [0.5, 0.6) is 0 Å². The molecule has 1 aliphatic heterocycles. The van der Waals surface area contributed by atoms with Crippen LogP contribution in [0.15, 0.2) is 78.9 Å². The molecule has 0 spiro atoms. The van der Waals surface area contributed by atoms with E-state index in [9.17, 15) is 9.59 Å². The number of benzene rings is 3. The van der Waals surface area contributed by atoms with Gasteiger partial charge in [0, 0.05) is 29.0 Å². The molecule has 1 atom stereocenters. The van der Waals surface area contributed by atoms with Crippen molar-refractivity contribution >= 4 is 22.9 Å². The van der Waals surface area contributed by atoms with Crippen molar-refractivity contribution in [2.75, 3.05) is 23.7 Å². The van der Waals surface area contributed by atoms with E-state index in [-0.39, 0.29) is 23.7 Å². The highest BCUT2D eigenvalue weighted by molar-refractivity contribution is 6.23. The monoisotopic (exact) mass is 455 g/mol. The lowest BCUT2D eigenvalue weighted by atomic mass is 9.80. The van der Waals surface area contributed by atoms with Crippen LogP contribution >= 0.6 is 0 Å². The Morgan fingerprint density at radius 2 is 1.59 bits per heavy atom. The molecule has 3 aromatic rings. The summed E-state index contributed by atoms with van der Waals surface area (Å²) in [5.41, 5.74) is 8.21. The van der Waals surface area contributed by atoms with Crippen molar-refractivity contribution in [3.8, 4) is 11.1 Å². The zero-order valence-corrected chi connectivity index (χ0v) is 20.2. The third-order valence-electron chi connectivity index (χ3n) is 6.46. The van der Waals surface area contributed by atoms with Crippen molar-refractivity contribution in [2.24, 2.45) is 0 Å². The van der Waals surface area contributed by atoms with Crippen LogP contribution in [0.25, 0.3) is 11.1 Å². The normalized spacial score (nSPS) is 18.1. The van der Waals surface area contributed by atoms with Crippen LogP contribution in [0.1, 0.15) is 44.0 Å². The smallest absolute Gasteiger partial charge is 0.196 e. The van der Waals surface area contributed by atoms with Crippen LogP contribution in [0.2, 0.25) is 0 Å². The molecule has 3 aromatic carbocycles. The molecule has 1 aliphatic rings. The molecule has 0 saturated carbocycles. The second-order valence-electron chi connectivity index (χ2n) is 9.97. The average molecular weight is 456 g/mol. The summed E-state index contributed by atoms with van der Waals surface area (Å²) in [7, 11) is 0. The number of nitrogens with two attached hydrogens (primary N) is 1.